The fourth-order valence-electron chi connectivity index (χ4n) is 8.22. The summed E-state index contributed by atoms with van der Waals surface area (Å²) in [6.07, 6.45) is 0. The minimum absolute atomic E-state index is 0.0779. The zero-order valence-electron chi connectivity index (χ0n) is 23.8. The third-order valence-corrected chi connectivity index (χ3v) is 9.91. The molecule has 8 heteroatoms. The predicted octanol–water partition coefficient (Wildman–Crippen LogP) is 4.16. The van der Waals surface area contributed by atoms with E-state index in [1.165, 1.54) is 9.80 Å². The number of hydrogen-bond donors (Lipinski definition) is 0. The van der Waals surface area contributed by atoms with Crippen molar-refractivity contribution in [3.05, 3.63) is 113 Å². The highest BCUT2D eigenvalue weighted by atomic mass is 16.5. The molecule has 0 aromatic heterocycles. The molecule has 0 radical (unpaired) electrons. The van der Waals surface area contributed by atoms with E-state index in [4.69, 9.17) is 4.74 Å². The third-order valence-electron chi connectivity index (χ3n) is 9.91. The van der Waals surface area contributed by atoms with Crippen molar-refractivity contribution in [1.29, 1.82) is 0 Å². The van der Waals surface area contributed by atoms with Crippen LogP contribution in [0.5, 0.6) is 5.75 Å². The molecule has 5 aliphatic rings. The highest BCUT2D eigenvalue weighted by Gasteiger charge is 2.76. The van der Waals surface area contributed by atoms with Crippen LogP contribution in [-0.4, -0.2) is 39.4 Å². The second-order valence-electron chi connectivity index (χ2n) is 12.1. The Bertz CT molecular complexity index is 1610. The first-order valence-corrected chi connectivity index (χ1v) is 14.5. The fraction of sp³-hybridized carbons (Fsp3) is 0.286. The van der Waals surface area contributed by atoms with Crippen LogP contribution in [0.1, 0.15) is 25.0 Å². The molecule has 0 spiro atoms. The van der Waals surface area contributed by atoms with E-state index in [9.17, 15) is 24.0 Å². The molecule has 3 aromatic rings. The zero-order chi connectivity index (χ0) is 30.0. The van der Waals surface area contributed by atoms with Crippen LogP contribution in [0.2, 0.25) is 0 Å². The van der Waals surface area contributed by atoms with Gasteiger partial charge in [0, 0.05) is 16.9 Å². The van der Waals surface area contributed by atoms with E-state index in [1.807, 2.05) is 60.7 Å². The molecule has 0 N–H and O–H groups in total. The second kappa shape index (κ2) is 9.87. The number of hydrogen-bond acceptors (Lipinski definition) is 6. The van der Waals surface area contributed by atoms with Crippen LogP contribution in [0.25, 0.3) is 0 Å². The number of nitrogens with zero attached hydrogens (tertiary/aromatic N) is 2. The van der Waals surface area contributed by atoms with E-state index in [1.54, 1.807) is 44.2 Å². The van der Waals surface area contributed by atoms with Crippen LogP contribution in [0.4, 0.5) is 0 Å². The minimum atomic E-state index is -1.43. The monoisotopic (exact) mass is 574 g/mol. The fourth-order valence-corrected chi connectivity index (χ4v) is 8.22. The number of carbonyl (C=O) groups is 5. The highest BCUT2D eigenvalue weighted by molar-refractivity contribution is 6.13. The van der Waals surface area contributed by atoms with E-state index in [0.717, 1.165) is 11.1 Å². The molecule has 1 saturated carbocycles. The minimum Gasteiger partial charge on any atom is -0.423 e. The highest BCUT2D eigenvalue weighted by Crippen LogP contribution is 2.68. The smallest absolute Gasteiger partial charge is 0.339 e. The molecule has 8 nitrogen and oxygen atoms in total. The molecule has 2 heterocycles. The molecule has 6 atom stereocenters. The van der Waals surface area contributed by atoms with Gasteiger partial charge in [0.25, 0.3) is 0 Å². The summed E-state index contributed by atoms with van der Waals surface area (Å²) in [5, 5.41) is 0. The number of ether oxygens (including phenoxy) is 1. The Morgan fingerprint density at radius 2 is 1.07 bits per heavy atom. The Balaban J connectivity index is 1.34. The largest absolute Gasteiger partial charge is 0.423 e. The number of amides is 4. The molecule has 43 heavy (non-hydrogen) atoms. The van der Waals surface area contributed by atoms with Crippen LogP contribution in [-0.2, 0) is 37.1 Å². The summed E-state index contributed by atoms with van der Waals surface area (Å²) >= 11 is 0. The number of carbonyl (C=O) groups excluding carboxylic acids is 5. The number of imide groups is 2. The Kier molecular flexibility index (Phi) is 6.20. The lowest BCUT2D eigenvalue weighted by atomic mass is 9.43. The van der Waals surface area contributed by atoms with Gasteiger partial charge >= 0.3 is 5.97 Å². The molecule has 2 bridgehead atoms. The van der Waals surface area contributed by atoms with Gasteiger partial charge in [0.1, 0.15) is 5.75 Å². The van der Waals surface area contributed by atoms with Crippen molar-refractivity contribution in [3.63, 3.8) is 0 Å². The van der Waals surface area contributed by atoms with Gasteiger partial charge in [-0.25, -0.2) is 4.79 Å². The molecule has 216 valence electrons. The van der Waals surface area contributed by atoms with Gasteiger partial charge in [-0.05, 0) is 30.2 Å². The SMILES string of the molecule is CC1=C(C(=O)Oc2ccccc2)C2(C)[C@@H]3C(=O)N(Cc4ccccc4)C(=O)[C@H]3C1[C@@H]1C(=O)N(Cc3ccccc3)C(=O)[C@@H]12. The normalized spacial score (nSPS) is 29.3. The molecule has 3 fully saturated rings. The van der Waals surface area contributed by atoms with Gasteiger partial charge in [0.05, 0.1) is 36.8 Å². The number of likely N-dealkylation sites (tertiary alicyclic amines) is 2. The zero-order valence-corrected chi connectivity index (χ0v) is 23.8. The quantitative estimate of drug-likeness (QED) is 0.249. The van der Waals surface area contributed by atoms with Crippen LogP contribution in [0.3, 0.4) is 0 Å². The Morgan fingerprint density at radius 3 is 1.51 bits per heavy atom. The number of rotatable bonds is 6. The van der Waals surface area contributed by atoms with Crippen LogP contribution < -0.4 is 4.74 Å². The lowest BCUT2D eigenvalue weighted by molar-refractivity contribution is -0.152. The van der Waals surface area contributed by atoms with Crippen molar-refractivity contribution >= 4 is 29.6 Å². The average Bonchev–Trinajstić information content (AvgIpc) is 3.41. The second-order valence-corrected chi connectivity index (χ2v) is 12.1. The van der Waals surface area contributed by atoms with Crippen LogP contribution >= 0.6 is 0 Å². The standard InChI is InChI=1S/C35H30N2O6/c1-20-24-25-28(32(40)36(30(25)38)18-21-12-6-3-7-13-21)35(2,27(20)34(42)43-23-16-10-5-11-17-23)29-26(24)31(39)37(33(29)41)19-22-14-8-4-9-15-22/h3-17,24-26,28-29H,18-19H2,1-2H3/t24?,25-,26-,28-,29+,35?/m0/s1. The van der Waals surface area contributed by atoms with Gasteiger partial charge in [-0.15, -0.1) is 0 Å². The number of allylic oxidation sites excluding steroid dienone is 1. The Labute approximate surface area is 248 Å². The van der Waals surface area contributed by atoms with Crippen molar-refractivity contribution in [2.45, 2.75) is 26.9 Å². The summed E-state index contributed by atoms with van der Waals surface area (Å²) in [5.74, 6) is -6.40. The maximum atomic E-state index is 14.3. The van der Waals surface area contributed by atoms with E-state index < -0.39 is 52.8 Å². The van der Waals surface area contributed by atoms with E-state index in [0.29, 0.717) is 11.3 Å². The maximum absolute atomic E-state index is 14.3. The molecule has 3 aliphatic carbocycles. The first-order chi connectivity index (χ1) is 20.7. The van der Waals surface area contributed by atoms with E-state index in [2.05, 4.69) is 0 Å². The lowest BCUT2D eigenvalue weighted by Crippen LogP contribution is -2.61. The first-order valence-electron chi connectivity index (χ1n) is 14.5. The first kappa shape index (κ1) is 27.0. The molecule has 2 aliphatic heterocycles. The van der Waals surface area contributed by atoms with Gasteiger partial charge < -0.3 is 4.74 Å². The summed E-state index contributed by atoms with van der Waals surface area (Å²) in [7, 11) is 0. The lowest BCUT2D eigenvalue weighted by Gasteiger charge is -2.55. The van der Waals surface area contributed by atoms with Crippen LogP contribution in [0, 0.1) is 35.0 Å². The summed E-state index contributed by atoms with van der Waals surface area (Å²) in [4.78, 5) is 73.2. The van der Waals surface area contributed by atoms with Gasteiger partial charge in [-0.1, -0.05) is 91.4 Å². The molecule has 2 unspecified atom stereocenters. The van der Waals surface area contributed by atoms with Crippen molar-refractivity contribution in [1.82, 2.24) is 9.80 Å². The van der Waals surface area contributed by atoms with Gasteiger partial charge in [0.15, 0.2) is 0 Å². The van der Waals surface area contributed by atoms with Crippen molar-refractivity contribution in [3.8, 4) is 5.75 Å². The third kappa shape index (κ3) is 3.85. The Morgan fingerprint density at radius 1 is 0.651 bits per heavy atom. The molecular weight excluding hydrogens is 544 g/mol. The summed E-state index contributed by atoms with van der Waals surface area (Å²) < 4.78 is 5.79. The molecule has 8 rings (SSSR count). The van der Waals surface area contributed by atoms with Crippen LogP contribution in [0.15, 0.2) is 102 Å². The van der Waals surface area contributed by atoms with Gasteiger partial charge in [0.2, 0.25) is 23.6 Å². The summed E-state index contributed by atoms with van der Waals surface area (Å²) in [6.45, 7) is 3.60. The number of para-hydroxylation sites is 1. The van der Waals surface area contributed by atoms with Crippen molar-refractivity contribution in [2.75, 3.05) is 0 Å². The topological polar surface area (TPSA) is 101 Å². The number of benzene rings is 3. The average molecular weight is 575 g/mol. The number of esters is 1. The molecule has 2 saturated heterocycles. The summed E-state index contributed by atoms with van der Waals surface area (Å²) in [6, 6.07) is 27.0. The predicted molar refractivity (Wildman–Crippen MR) is 154 cm³/mol. The molecule has 4 amide bonds. The van der Waals surface area contributed by atoms with Crippen molar-refractivity contribution < 1.29 is 28.7 Å². The van der Waals surface area contributed by atoms with E-state index >= 15 is 0 Å². The maximum Gasteiger partial charge on any atom is 0.339 e. The summed E-state index contributed by atoms with van der Waals surface area (Å²) in [5.41, 5.74) is 0.895. The van der Waals surface area contributed by atoms with Gasteiger partial charge in [-0.2, -0.15) is 0 Å². The van der Waals surface area contributed by atoms with E-state index in [-0.39, 0.29) is 30.5 Å². The molecular formula is C35H30N2O6. The Hall–Kier alpha value is -4.85. The van der Waals surface area contributed by atoms with Crippen molar-refractivity contribution in [2.24, 2.45) is 35.0 Å². The van der Waals surface area contributed by atoms with Gasteiger partial charge in [-0.3, -0.25) is 29.0 Å². The molecule has 3 aromatic carbocycles.